The predicted molar refractivity (Wildman–Crippen MR) is 75.4 cm³/mol. The van der Waals surface area contributed by atoms with Crippen LogP contribution in [0.2, 0.25) is 0 Å². The van der Waals surface area contributed by atoms with Crippen molar-refractivity contribution >= 4 is 5.95 Å². The zero-order valence-electron chi connectivity index (χ0n) is 11.8. The summed E-state index contributed by atoms with van der Waals surface area (Å²) < 4.78 is 5.80. The molecule has 2 atom stereocenters. The van der Waals surface area contributed by atoms with Crippen LogP contribution in [0.3, 0.4) is 0 Å². The highest BCUT2D eigenvalue weighted by molar-refractivity contribution is 5.28. The topological polar surface area (TPSA) is 75.7 Å². The van der Waals surface area contributed by atoms with Crippen molar-refractivity contribution in [3.63, 3.8) is 0 Å². The number of nitrogens with zero attached hydrogens (tertiary/aromatic N) is 3. The molecule has 6 nitrogen and oxygen atoms in total. The number of hydrogen-bond donors (Lipinski definition) is 2. The van der Waals surface area contributed by atoms with E-state index in [0.717, 1.165) is 36.4 Å². The highest BCUT2D eigenvalue weighted by Crippen LogP contribution is 2.33. The lowest BCUT2D eigenvalue weighted by atomic mass is 9.97. The number of aryl methyl sites for hydroxylation is 2. The fourth-order valence-corrected chi connectivity index (χ4v) is 2.46. The molecule has 20 heavy (non-hydrogen) atoms. The second kappa shape index (κ2) is 5.58. The Bertz CT molecular complexity index is 569. The third-order valence-corrected chi connectivity index (χ3v) is 3.81. The molecule has 2 N–H and O–H groups in total. The highest BCUT2D eigenvalue weighted by Gasteiger charge is 2.30. The van der Waals surface area contributed by atoms with Gasteiger partial charge >= 0.3 is 0 Å². The number of rotatable bonds is 4. The summed E-state index contributed by atoms with van der Waals surface area (Å²) in [4.78, 5) is 8.75. The summed E-state index contributed by atoms with van der Waals surface area (Å²) in [7, 11) is 0. The number of ether oxygens (including phenoxy) is 1. The molecule has 2 aromatic rings. The van der Waals surface area contributed by atoms with Gasteiger partial charge in [0.2, 0.25) is 5.95 Å². The molecular formula is C14H19N5O. The van der Waals surface area contributed by atoms with Crippen LogP contribution in [0.5, 0.6) is 0 Å². The van der Waals surface area contributed by atoms with Gasteiger partial charge in [-0.05, 0) is 25.8 Å². The van der Waals surface area contributed by atoms with Crippen molar-refractivity contribution in [3.05, 3.63) is 35.4 Å². The zero-order chi connectivity index (χ0) is 13.9. The van der Waals surface area contributed by atoms with Gasteiger partial charge in [0.1, 0.15) is 0 Å². The molecule has 0 unspecified atom stereocenters. The molecule has 3 heterocycles. The molecule has 2 aromatic heterocycles. The van der Waals surface area contributed by atoms with Crippen LogP contribution in [0.1, 0.15) is 29.3 Å². The zero-order valence-corrected chi connectivity index (χ0v) is 11.8. The van der Waals surface area contributed by atoms with E-state index in [1.165, 1.54) is 0 Å². The third-order valence-electron chi connectivity index (χ3n) is 3.81. The van der Waals surface area contributed by atoms with E-state index in [9.17, 15) is 0 Å². The van der Waals surface area contributed by atoms with Crippen molar-refractivity contribution in [1.29, 1.82) is 0 Å². The number of anilines is 1. The van der Waals surface area contributed by atoms with E-state index >= 15 is 0 Å². The summed E-state index contributed by atoms with van der Waals surface area (Å²) in [6.45, 7) is 5.60. The quantitative estimate of drug-likeness (QED) is 0.891. The molecule has 0 aromatic carbocycles. The standard InChI is InChI=1S/C14H19N5O/c1-9-5-15-14(19-10(9)2)16-6-11-3-4-20-13(11)12-7-17-18-8-12/h5,7-8,11,13H,3-4,6H2,1-2H3,(H,17,18)(H,15,16,19)/t11-,13+/m1/s1. The first-order valence-corrected chi connectivity index (χ1v) is 6.88. The molecule has 0 amide bonds. The third kappa shape index (κ3) is 2.65. The second-order valence-electron chi connectivity index (χ2n) is 5.21. The molecule has 1 aliphatic rings. The SMILES string of the molecule is Cc1cnc(NC[C@H]2CCO[C@@H]2c2cn[nH]c2)nc1C. The van der Waals surface area contributed by atoms with E-state index in [-0.39, 0.29) is 6.10 Å². The van der Waals surface area contributed by atoms with Crippen molar-refractivity contribution in [3.8, 4) is 0 Å². The molecule has 0 spiro atoms. The van der Waals surface area contributed by atoms with E-state index < -0.39 is 0 Å². The lowest BCUT2D eigenvalue weighted by Gasteiger charge is -2.17. The molecule has 0 bridgehead atoms. The summed E-state index contributed by atoms with van der Waals surface area (Å²) in [5.74, 6) is 1.10. The number of aromatic amines is 1. The Kier molecular flexibility index (Phi) is 3.64. The first-order valence-electron chi connectivity index (χ1n) is 6.88. The Morgan fingerprint density at radius 3 is 3.05 bits per heavy atom. The van der Waals surface area contributed by atoms with Crippen LogP contribution in [-0.4, -0.2) is 33.3 Å². The Labute approximate surface area is 118 Å². The molecule has 1 fully saturated rings. The summed E-state index contributed by atoms with van der Waals surface area (Å²) in [5, 5.41) is 10.1. The minimum Gasteiger partial charge on any atom is -0.373 e. The van der Waals surface area contributed by atoms with E-state index in [2.05, 4.69) is 25.5 Å². The number of H-pyrrole nitrogens is 1. The van der Waals surface area contributed by atoms with Gasteiger partial charge in [-0.3, -0.25) is 5.10 Å². The fraction of sp³-hybridized carbons (Fsp3) is 0.500. The van der Waals surface area contributed by atoms with Gasteiger partial charge in [-0.2, -0.15) is 5.10 Å². The number of hydrogen-bond acceptors (Lipinski definition) is 5. The molecule has 1 saturated heterocycles. The van der Waals surface area contributed by atoms with Crippen molar-refractivity contribution < 1.29 is 4.74 Å². The molecule has 0 radical (unpaired) electrons. The average Bonchev–Trinajstić information content (AvgIpc) is 3.09. The van der Waals surface area contributed by atoms with Crippen LogP contribution in [-0.2, 0) is 4.74 Å². The first-order chi connectivity index (χ1) is 9.74. The van der Waals surface area contributed by atoms with E-state index in [1.807, 2.05) is 32.4 Å². The van der Waals surface area contributed by atoms with E-state index in [0.29, 0.717) is 11.9 Å². The van der Waals surface area contributed by atoms with Crippen LogP contribution >= 0.6 is 0 Å². The van der Waals surface area contributed by atoms with Gasteiger partial charge in [-0.25, -0.2) is 9.97 Å². The maximum atomic E-state index is 5.80. The van der Waals surface area contributed by atoms with Crippen molar-refractivity contribution in [2.45, 2.75) is 26.4 Å². The molecular weight excluding hydrogens is 254 g/mol. The summed E-state index contributed by atoms with van der Waals surface area (Å²) in [6, 6.07) is 0. The van der Waals surface area contributed by atoms with Gasteiger partial charge in [-0.15, -0.1) is 0 Å². The number of nitrogens with one attached hydrogen (secondary N) is 2. The largest absolute Gasteiger partial charge is 0.373 e. The van der Waals surface area contributed by atoms with Crippen LogP contribution in [0.15, 0.2) is 18.6 Å². The first kappa shape index (κ1) is 13.1. The monoisotopic (exact) mass is 273 g/mol. The minimum atomic E-state index is 0.104. The fourth-order valence-electron chi connectivity index (χ4n) is 2.46. The summed E-state index contributed by atoms with van der Waals surface area (Å²) in [5.41, 5.74) is 3.22. The van der Waals surface area contributed by atoms with Crippen molar-refractivity contribution in [1.82, 2.24) is 20.2 Å². The lowest BCUT2D eigenvalue weighted by Crippen LogP contribution is -2.19. The van der Waals surface area contributed by atoms with Crippen molar-refractivity contribution in [2.24, 2.45) is 5.92 Å². The highest BCUT2D eigenvalue weighted by atomic mass is 16.5. The smallest absolute Gasteiger partial charge is 0.222 e. The maximum Gasteiger partial charge on any atom is 0.222 e. The lowest BCUT2D eigenvalue weighted by molar-refractivity contribution is 0.0933. The van der Waals surface area contributed by atoms with Crippen LogP contribution in [0.4, 0.5) is 5.95 Å². The Morgan fingerprint density at radius 1 is 1.40 bits per heavy atom. The summed E-state index contributed by atoms with van der Waals surface area (Å²) >= 11 is 0. The Morgan fingerprint density at radius 2 is 2.30 bits per heavy atom. The molecule has 0 saturated carbocycles. The average molecular weight is 273 g/mol. The van der Waals surface area contributed by atoms with Gasteiger partial charge in [0.25, 0.3) is 0 Å². The summed E-state index contributed by atoms with van der Waals surface area (Å²) in [6.07, 6.45) is 6.72. The maximum absolute atomic E-state index is 5.80. The Hall–Kier alpha value is -1.95. The predicted octanol–water partition coefficient (Wildman–Crippen LogP) is 2.01. The molecule has 6 heteroatoms. The Balaban J connectivity index is 1.64. The molecule has 3 rings (SSSR count). The van der Waals surface area contributed by atoms with Crippen LogP contribution in [0, 0.1) is 19.8 Å². The van der Waals surface area contributed by atoms with Gasteiger partial charge in [0.05, 0.1) is 12.3 Å². The van der Waals surface area contributed by atoms with Crippen LogP contribution in [0.25, 0.3) is 0 Å². The molecule has 0 aliphatic carbocycles. The van der Waals surface area contributed by atoms with Gasteiger partial charge in [0.15, 0.2) is 0 Å². The minimum absolute atomic E-state index is 0.104. The second-order valence-corrected chi connectivity index (χ2v) is 5.21. The van der Waals surface area contributed by atoms with E-state index in [4.69, 9.17) is 4.74 Å². The molecule has 106 valence electrons. The van der Waals surface area contributed by atoms with Crippen molar-refractivity contribution in [2.75, 3.05) is 18.5 Å². The van der Waals surface area contributed by atoms with Crippen LogP contribution < -0.4 is 5.32 Å². The van der Waals surface area contributed by atoms with E-state index in [1.54, 1.807) is 0 Å². The number of aromatic nitrogens is 4. The van der Waals surface area contributed by atoms with Gasteiger partial charge in [0, 0.05) is 42.7 Å². The van der Waals surface area contributed by atoms with Gasteiger partial charge in [-0.1, -0.05) is 0 Å². The molecule has 1 aliphatic heterocycles. The van der Waals surface area contributed by atoms with Gasteiger partial charge < -0.3 is 10.1 Å². The normalized spacial score (nSPS) is 22.1.